The zero-order valence-corrected chi connectivity index (χ0v) is 22.9. The van der Waals surface area contributed by atoms with Crippen molar-refractivity contribution in [3.8, 4) is 16.9 Å². The van der Waals surface area contributed by atoms with Crippen LogP contribution in [0.25, 0.3) is 43.4 Å². The van der Waals surface area contributed by atoms with Gasteiger partial charge in [0.05, 0.1) is 7.11 Å². The van der Waals surface area contributed by atoms with Gasteiger partial charge in [-0.05, 0) is 56.1 Å². The van der Waals surface area contributed by atoms with Crippen LogP contribution in [-0.2, 0) is 0 Å². The first-order chi connectivity index (χ1) is 19.7. The molecule has 7 aromatic carbocycles. The Balaban J connectivity index is 1.56. The van der Waals surface area contributed by atoms with Gasteiger partial charge in [0.15, 0.2) is 0 Å². The summed E-state index contributed by atoms with van der Waals surface area (Å²) in [5.74, 6) is 0.769. The zero-order chi connectivity index (χ0) is 27.1. The second kappa shape index (κ2) is 10.2. The topological polar surface area (TPSA) is 9.23 Å². The highest BCUT2D eigenvalue weighted by atomic mass is 35.5. The Labute approximate surface area is 239 Å². The van der Waals surface area contributed by atoms with E-state index in [1.54, 1.807) is 7.11 Å². The highest BCUT2D eigenvalue weighted by molar-refractivity contribution is 6.99. The smallest absolute Gasteiger partial charge is 0.243 e. The van der Waals surface area contributed by atoms with Gasteiger partial charge in [0.2, 0.25) is 6.71 Å². The van der Waals surface area contributed by atoms with Crippen molar-refractivity contribution in [1.29, 1.82) is 0 Å². The van der Waals surface area contributed by atoms with E-state index in [0.717, 1.165) is 16.9 Å². The molecule has 0 spiro atoms. The van der Waals surface area contributed by atoms with Crippen LogP contribution in [0.2, 0.25) is 5.02 Å². The van der Waals surface area contributed by atoms with Crippen molar-refractivity contribution in [1.82, 2.24) is 0 Å². The largest absolute Gasteiger partial charge is 0.496 e. The van der Waals surface area contributed by atoms with Gasteiger partial charge < -0.3 is 4.74 Å². The second-order valence-corrected chi connectivity index (χ2v) is 10.6. The lowest BCUT2D eigenvalue weighted by Gasteiger charge is -2.22. The molecule has 0 aromatic heterocycles. The first kappa shape index (κ1) is 24.5. The number of ether oxygens (including phenoxy) is 1. The van der Waals surface area contributed by atoms with E-state index in [4.69, 9.17) is 16.3 Å². The first-order valence-electron chi connectivity index (χ1n) is 13.5. The minimum atomic E-state index is 0.0308. The maximum absolute atomic E-state index is 6.32. The molecule has 0 aliphatic rings. The molecule has 0 N–H and O–H groups in total. The van der Waals surface area contributed by atoms with E-state index in [1.807, 2.05) is 12.1 Å². The van der Waals surface area contributed by atoms with Gasteiger partial charge in [-0.1, -0.05) is 149 Å². The summed E-state index contributed by atoms with van der Waals surface area (Å²) in [6, 6.07) is 49.9. The van der Waals surface area contributed by atoms with E-state index in [0.29, 0.717) is 5.02 Å². The molecule has 0 amide bonds. The van der Waals surface area contributed by atoms with E-state index in [2.05, 4.69) is 127 Å². The molecule has 0 bridgehead atoms. The van der Waals surface area contributed by atoms with E-state index in [9.17, 15) is 0 Å². The highest BCUT2D eigenvalue weighted by Gasteiger charge is 2.27. The fourth-order valence-electron chi connectivity index (χ4n) is 6.20. The Morgan fingerprint density at radius 1 is 0.475 bits per heavy atom. The summed E-state index contributed by atoms with van der Waals surface area (Å²) in [6.07, 6.45) is 0. The molecule has 3 heteroatoms. The number of hydrogen-bond donors (Lipinski definition) is 0. The van der Waals surface area contributed by atoms with Gasteiger partial charge in [-0.2, -0.15) is 0 Å². The lowest BCUT2D eigenvalue weighted by Crippen LogP contribution is -2.52. The molecule has 40 heavy (non-hydrogen) atoms. The van der Waals surface area contributed by atoms with Crippen molar-refractivity contribution in [2.75, 3.05) is 7.11 Å². The molecule has 0 fully saturated rings. The Morgan fingerprint density at radius 3 is 1.60 bits per heavy atom. The maximum Gasteiger partial charge on any atom is 0.243 e. The number of rotatable bonds is 5. The van der Waals surface area contributed by atoms with Gasteiger partial charge in [-0.25, -0.2) is 0 Å². The van der Waals surface area contributed by atoms with Crippen LogP contribution in [0.5, 0.6) is 5.75 Å². The van der Waals surface area contributed by atoms with Crippen molar-refractivity contribution >= 4 is 67.0 Å². The van der Waals surface area contributed by atoms with Crippen molar-refractivity contribution in [2.45, 2.75) is 0 Å². The van der Waals surface area contributed by atoms with E-state index < -0.39 is 0 Å². The summed E-state index contributed by atoms with van der Waals surface area (Å²) in [7, 11) is 1.70. The molecule has 0 atom stereocenters. The van der Waals surface area contributed by atoms with Crippen LogP contribution < -0.4 is 21.1 Å². The maximum atomic E-state index is 6.32. The minimum Gasteiger partial charge on any atom is -0.496 e. The summed E-state index contributed by atoms with van der Waals surface area (Å²) in [6.45, 7) is 0.0308. The lowest BCUT2D eigenvalue weighted by atomic mass is 9.35. The predicted octanol–water partition coefficient (Wildman–Crippen LogP) is 7.99. The Bertz CT molecular complexity index is 1940. The van der Waals surface area contributed by atoms with Gasteiger partial charge >= 0.3 is 0 Å². The SMILES string of the molecule is COc1cc(Cl)ccc1-c1ccc(B(c2cccc3ccccc23)c2cccc3ccccc23)c2ccccc12. The average molecular weight is 533 g/mol. The van der Waals surface area contributed by atoms with Crippen LogP contribution >= 0.6 is 11.6 Å². The van der Waals surface area contributed by atoms with Crippen LogP contribution in [0, 0.1) is 0 Å². The number of benzene rings is 7. The molecular weight excluding hydrogens is 507 g/mol. The fourth-order valence-corrected chi connectivity index (χ4v) is 6.37. The third-order valence-electron chi connectivity index (χ3n) is 7.99. The zero-order valence-electron chi connectivity index (χ0n) is 22.1. The molecular formula is C37H26BClO. The lowest BCUT2D eigenvalue weighted by molar-refractivity contribution is 0.416. The molecule has 0 radical (unpaired) electrons. The molecule has 0 unspecified atom stereocenters. The number of fused-ring (bicyclic) bond motifs is 3. The molecule has 1 nitrogen and oxygen atoms in total. The van der Waals surface area contributed by atoms with Crippen LogP contribution in [0.15, 0.2) is 140 Å². The van der Waals surface area contributed by atoms with Crippen LogP contribution in [0.3, 0.4) is 0 Å². The van der Waals surface area contributed by atoms with Crippen molar-refractivity contribution < 1.29 is 4.74 Å². The van der Waals surface area contributed by atoms with E-state index >= 15 is 0 Å². The predicted molar refractivity (Wildman–Crippen MR) is 173 cm³/mol. The quantitative estimate of drug-likeness (QED) is 0.204. The Hall–Kier alpha value is -4.53. The van der Waals surface area contributed by atoms with Crippen LogP contribution in [0.1, 0.15) is 0 Å². The summed E-state index contributed by atoms with van der Waals surface area (Å²) in [5, 5.41) is 8.11. The summed E-state index contributed by atoms with van der Waals surface area (Å²) < 4.78 is 5.76. The fraction of sp³-hybridized carbons (Fsp3) is 0.0270. The minimum absolute atomic E-state index is 0.0308. The van der Waals surface area contributed by atoms with Crippen LogP contribution in [-0.4, -0.2) is 13.8 Å². The first-order valence-corrected chi connectivity index (χ1v) is 13.9. The number of methoxy groups -OCH3 is 1. The van der Waals surface area contributed by atoms with Crippen LogP contribution in [0.4, 0.5) is 0 Å². The molecule has 0 aliphatic heterocycles. The second-order valence-electron chi connectivity index (χ2n) is 10.2. The van der Waals surface area contributed by atoms with Crippen molar-refractivity contribution in [3.63, 3.8) is 0 Å². The van der Waals surface area contributed by atoms with Gasteiger partial charge in [-0.3, -0.25) is 0 Å². The summed E-state index contributed by atoms with van der Waals surface area (Å²) >= 11 is 6.32. The normalized spacial score (nSPS) is 11.2. The molecule has 0 heterocycles. The van der Waals surface area contributed by atoms with Gasteiger partial charge in [-0.15, -0.1) is 0 Å². The third kappa shape index (κ3) is 4.13. The monoisotopic (exact) mass is 532 g/mol. The summed E-state index contributed by atoms with van der Waals surface area (Å²) in [5.41, 5.74) is 6.04. The Morgan fingerprint density at radius 2 is 0.975 bits per heavy atom. The Kier molecular flexibility index (Phi) is 6.26. The molecule has 0 aliphatic carbocycles. The highest BCUT2D eigenvalue weighted by Crippen LogP contribution is 2.36. The van der Waals surface area contributed by atoms with E-state index in [1.165, 1.54) is 48.7 Å². The van der Waals surface area contributed by atoms with Crippen molar-refractivity contribution in [3.05, 3.63) is 145 Å². The molecule has 0 saturated heterocycles. The van der Waals surface area contributed by atoms with Gasteiger partial charge in [0.1, 0.15) is 5.75 Å². The van der Waals surface area contributed by atoms with E-state index in [-0.39, 0.29) is 6.71 Å². The average Bonchev–Trinajstić information content (AvgIpc) is 3.01. The molecule has 0 saturated carbocycles. The summed E-state index contributed by atoms with van der Waals surface area (Å²) in [4.78, 5) is 0. The molecule has 190 valence electrons. The standard InChI is InChI=1S/C37H26BClO/c1-40-37-24-27(39)20-21-33(37)31-22-23-36(32-17-7-6-16-30(31)32)38(34-18-8-12-25-10-2-4-14-28(25)34)35-19-9-13-26-11-3-5-15-29(26)35/h2-24H,1H3. The van der Waals surface area contributed by atoms with Gasteiger partial charge in [0, 0.05) is 10.6 Å². The number of hydrogen-bond acceptors (Lipinski definition) is 1. The number of halogens is 1. The molecule has 7 rings (SSSR count). The van der Waals surface area contributed by atoms with Gasteiger partial charge in [0.25, 0.3) is 0 Å². The van der Waals surface area contributed by atoms with Crippen molar-refractivity contribution in [2.24, 2.45) is 0 Å². The third-order valence-corrected chi connectivity index (χ3v) is 8.23. The molecule has 7 aromatic rings.